The van der Waals surface area contributed by atoms with E-state index in [2.05, 4.69) is 5.32 Å². The molecule has 1 saturated carbocycles. The Morgan fingerprint density at radius 3 is 2.48 bits per heavy atom. The van der Waals surface area contributed by atoms with E-state index in [0.29, 0.717) is 18.5 Å². The second-order valence-electron chi connectivity index (χ2n) is 6.01. The summed E-state index contributed by atoms with van der Waals surface area (Å²) < 4.78 is 50.8. The second-order valence-corrected chi connectivity index (χ2v) is 8.28. The van der Waals surface area contributed by atoms with Crippen LogP contribution in [0.25, 0.3) is 0 Å². The van der Waals surface area contributed by atoms with Gasteiger partial charge in [0.1, 0.15) is 5.25 Å². The standard InChI is InChI=1S/C16H21F2NO3S/c1-11(16(20)19-10-12-5-3-2-4-6-12)23(21,22)13-7-8-14(17)15(18)9-13/h7-9,11-12H,2-6,10H2,1H3,(H,19,20). The molecule has 2 rings (SSSR count). The number of carbonyl (C=O) groups is 1. The van der Waals surface area contributed by atoms with Crippen molar-refractivity contribution < 1.29 is 22.0 Å². The number of hydrogen-bond acceptors (Lipinski definition) is 3. The molecule has 4 nitrogen and oxygen atoms in total. The van der Waals surface area contributed by atoms with Gasteiger partial charge in [-0.3, -0.25) is 4.79 Å². The van der Waals surface area contributed by atoms with Crippen molar-refractivity contribution in [1.82, 2.24) is 5.32 Å². The van der Waals surface area contributed by atoms with Crippen molar-refractivity contribution in [2.75, 3.05) is 6.54 Å². The van der Waals surface area contributed by atoms with E-state index in [9.17, 15) is 22.0 Å². The molecule has 128 valence electrons. The van der Waals surface area contributed by atoms with Gasteiger partial charge in [-0.25, -0.2) is 17.2 Å². The molecule has 1 aliphatic rings. The lowest BCUT2D eigenvalue weighted by Crippen LogP contribution is -2.40. The fourth-order valence-electron chi connectivity index (χ4n) is 2.78. The van der Waals surface area contributed by atoms with Crippen molar-refractivity contribution in [3.63, 3.8) is 0 Å². The molecule has 0 heterocycles. The molecule has 1 atom stereocenters. The van der Waals surface area contributed by atoms with Crippen LogP contribution in [-0.2, 0) is 14.6 Å². The monoisotopic (exact) mass is 345 g/mol. The maximum atomic E-state index is 13.2. The number of halogens is 2. The zero-order chi connectivity index (χ0) is 17.0. The molecule has 0 spiro atoms. The van der Waals surface area contributed by atoms with Gasteiger partial charge in [-0.1, -0.05) is 19.3 Å². The third kappa shape index (κ3) is 4.28. The Bertz CT molecular complexity index is 670. The van der Waals surface area contributed by atoms with E-state index in [1.165, 1.54) is 13.3 Å². The Morgan fingerprint density at radius 1 is 1.22 bits per heavy atom. The first kappa shape index (κ1) is 17.8. The Balaban J connectivity index is 2.03. The summed E-state index contributed by atoms with van der Waals surface area (Å²) in [5.41, 5.74) is 0. The van der Waals surface area contributed by atoms with Gasteiger partial charge in [-0.05, 0) is 43.9 Å². The summed E-state index contributed by atoms with van der Waals surface area (Å²) in [4.78, 5) is 11.7. The van der Waals surface area contributed by atoms with E-state index in [-0.39, 0.29) is 0 Å². The van der Waals surface area contributed by atoms with Gasteiger partial charge in [0.15, 0.2) is 21.5 Å². The predicted octanol–water partition coefficient (Wildman–Crippen LogP) is 2.82. The summed E-state index contributed by atoms with van der Waals surface area (Å²) in [6, 6.07) is 2.32. The Kier molecular flexibility index (Phi) is 5.73. The molecule has 1 aromatic carbocycles. The van der Waals surface area contributed by atoms with E-state index < -0.39 is 37.5 Å². The van der Waals surface area contributed by atoms with Crippen LogP contribution in [0.2, 0.25) is 0 Å². The summed E-state index contributed by atoms with van der Waals surface area (Å²) >= 11 is 0. The molecule has 0 radical (unpaired) electrons. The molecule has 1 unspecified atom stereocenters. The third-order valence-electron chi connectivity index (χ3n) is 4.34. The number of carbonyl (C=O) groups excluding carboxylic acids is 1. The summed E-state index contributed by atoms with van der Waals surface area (Å²) in [6.07, 6.45) is 5.52. The first-order chi connectivity index (χ1) is 10.8. The number of sulfone groups is 1. The summed E-state index contributed by atoms with van der Waals surface area (Å²) in [5.74, 6) is -2.61. The minimum absolute atomic E-state index is 0.380. The number of benzene rings is 1. The SMILES string of the molecule is CC(C(=O)NCC1CCCCC1)S(=O)(=O)c1ccc(F)c(F)c1. The third-order valence-corrected chi connectivity index (χ3v) is 6.40. The highest BCUT2D eigenvalue weighted by Gasteiger charge is 2.30. The van der Waals surface area contributed by atoms with E-state index in [4.69, 9.17) is 0 Å². The lowest BCUT2D eigenvalue weighted by Gasteiger charge is -2.22. The van der Waals surface area contributed by atoms with Gasteiger partial charge in [-0.2, -0.15) is 0 Å². The Labute approximate surface area is 135 Å². The van der Waals surface area contributed by atoms with Crippen molar-refractivity contribution >= 4 is 15.7 Å². The molecular formula is C16H21F2NO3S. The highest BCUT2D eigenvalue weighted by molar-refractivity contribution is 7.92. The zero-order valence-corrected chi connectivity index (χ0v) is 13.8. The average Bonchev–Trinajstić information content (AvgIpc) is 2.55. The topological polar surface area (TPSA) is 63.2 Å². The van der Waals surface area contributed by atoms with Crippen LogP contribution in [0, 0.1) is 17.6 Å². The largest absolute Gasteiger partial charge is 0.355 e. The van der Waals surface area contributed by atoms with Gasteiger partial charge in [0.25, 0.3) is 0 Å². The van der Waals surface area contributed by atoms with Crippen molar-refractivity contribution in [3.05, 3.63) is 29.8 Å². The molecule has 1 fully saturated rings. The van der Waals surface area contributed by atoms with E-state index in [0.717, 1.165) is 37.8 Å². The molecule has 1 aromatic rings. The van der Waals surface area contributed by atoms with Crippen LogP contribution in [0.1, 0.15) is 39.0 Å². The molecule has 0 bridgehead atoms. The maximum absolute atomic E-state index is 13.2. The van der Waals surface area contributed by atoms with Gasteiger partial charge in [0.05, 0.1) is 4.90 Å². The van der Waals surface area contributed by atoms with Crippen molar-refractivity contribution in [2.45, 2.75) is 49.2 Å². The second kappa shape index (κ2) is 7.38. The fourth-order valence-corrected chi connectivity index (χ4v) is 4.08. The smallest absolute Gasteiger partial charge is 0.238 e. The van der Waals surface area contributed by atoms with Crippen LogP contribution < -0.4 is 5.32 Å². The molecular weight excluding hydrogens is 324 g/mol. The molecule has 23 heavy (non-hydrogen) atoms. The normalized spacial score (nSPS) is 17.7. The average molecular weight is 345 g/mol. The summed E-state index contributed by atoms with van der Waals surface area (Å²) in [5, 5.41) is 1.32. The number of nitrogens with one attached hydrogen (secondary N) is 1. The first-order valence-electron chi connectivity index (χ1n) is 7.79. The minimum atomic E-state index is -4.05. The van der Waals surface area contributed by atoms with E-state index in [1.807, 2.05) is 0 Å². The fraction of sp³-hybridized carbons (Fsp3) is 0.562. The lowest BCUT2D eigenvalue weighted by atomic mass is 9.89. The van der Waals surface area contributed by atoms with Crippen LogP contribution in [0.5, 0.6) is 0 Å². The molecule has 1 aliphatic carbocycles. The van der Waals surface area contributed by atoms with Crippen molar-refractivity contribution in [3.8, 4) is 0 Å². The molecule has 0 aromatic heterocycles. The minimum Gasteiger partial charge on any atom is -0.355 e. The quantitative estimate of drug-likeness (QED) is 0.835. The van der Waals surface area contributed by atoms with E-state index >= 15 is 0 Å². The van der Waals surface area contributed by atoms with Gasteiger partial charge in [-0.15, -0.1) is 0 Å². The maximum Gasteiger partial charge on any atom is 0.238 e. The van der Waals surface area contributed by atoms with E-state index in [1.54, 1.807) is 0 Å². The predicted molar refractivity (Wildman–Crippen MR) is 82.6 cm³/mol. The molecule has 1 N–H and O–H groups in total. The highest BCUT2D eigenvalue weighted by atomic mass is 32.2. The van der Waals surface area contributed by atoms with Crippen LogP contribution >= 0.6 is 0 Å². The number of rotatable bonds is 5. The van der Waals surface area contributed by atoms with Gasteiger partial charge >= 0.3 is 0 Å². The van der Waals surface area contributed by atoms with Crippen LogP contribution in [-0.4, -0.2) is 26.1 Å². The molecule has 0 aliphatic heterocycles. The highest BCUT2D eigenvalue weighted by Crippen LogP contribution is 2.23. The lowest BCUT2D eigenvalue weighted by molar-refractivity contribution is -0.120. The molecule has 1 amide bonds. The zero-order valence-electron chi connectivity index (χ0n) is 13.0. The molecule has 0 saturated heterocycles. The number of hydrogen-bond donors (Lipinski definition) is 1. The van der Waals surface area contributed by atoms with Crippen LogP contribution in [0.4, 0.5) is 8.78 Å². The van der Waals surface area contributed by atoms with Gasteiger partial charge in [0.2, 0.25) is 5.91 Å². The Hall–Kier alpha value is -1.50. The summed E-state index contributed by atoms with van der Waals surface area (Å²) in [7, 11) is -4.05. The van der Waals surface area contributed by atoms with Crippen LogP contribution in [0.3, 0.4) is 0 Å². The van der Waals surface area contributed by atoms with Gasteiger partial charge in [0, 0.05) is 6.54 Å². The van der Waals surface area contributed by atoms with Crippen molar-refractivity contribution in [2.24, 2.45) is 5.92 Å². The van der Waals surface area contributed by atoms with Gasteiger partial charge < -0.3 is 5.32 Å². The Morgan fingerprint density at radius 2 is 1.87 bits per heavy atom. The summed E-state index contributed by atoms with van der Waals surface area (Å²) in [6.45, 7) is 1.71. The first-order valence-corrected chi connectivity index (χ1v) is 9.33. The van der Waals surface area contributed by atoms with Crippen LogP contribution in [0.15, 0.2) is 23.1 Å². The van der Waals surface area contributed by atoms with Crippen molar-refractivity contribution in [1.29, 1.82) is 0 Å². The number of amides is 1. The molecule has 7 heteroatoms.